The van der Waals surface area contributed by atoms with E-state index in [1.807, 2.05) is 6.07 Å². The largest absolute Gasteiger partial charge is 0.302 e. The molecule has 0 bridgehead atoms. The van der Waals surface area contributed by atoms with Crippen molar-refractivity contribution >= 4 is 34.0 Å². The second-order valence-electron chi connectivity index (χ2n) is 6.60. The van der Waals surface area contributed by atoms with E-state index in [1.54, 1.807) is 23.7 Å². The topological polar surface area (TPSA) is 46.1 Å². The van der Waals surface area contributed by atoms with E-state index in [-0.39, 0.29) is 0 Å². The average molecular weight is 385 g/mol. The van der Waals surface area contributed by atoms with Crippen LogP contribution in [0.2, 0.25) is 0 Å². The van der Waals surface area contributed by atoms with Crippen LogP contribution in [0.5, 0.6) is 0 Å². The normalized spacial score (nSPS) is 10.6. The summed E-state index contributed by atoms with van der Waals surface area (Å²) in [6.07, 6.45) is 3.85. The van der Waals surface area contributed by atoms with E-state index >= 15 is 0 Å². The minimum absolute atomic E-state index is 0.474. The number of aryl methyl sites for hydroxylation is 2. The highest BCUT2D eigenvalue weighted by Crippen LogP contribution is 2.41. The van der Waals surface area contributed by atoms with Gasteiger partial charge in [-0.3, -0.25) is 4.79 Å². The lowest BCUT2D eigenvalue weighted by atomic mass is 10.1. The Morgan fingerprint density at radius 3 is 1.82 bits per heavy atom. The number of anilines is 3. The molecule has 0 spiro atoms. The maximum Gasteiger partial charge on any atom is 0.169 e. The second kappa shape index (κ2) is 7.74. The van der Waals surface area contributed by atoms with Crippen LogP contribution in [0.1, 0.15) is 21.5 Å². The van der Waals surface area contributed by atoms with Crippen LogP contribution < -0.4 is 4.90 Å². The number of carbonyl (C=O) groups is 1. The smallest absolute Gasteiger partial charge is 0.169 e. The van der Waals surface area contributed by atoms with E-state index in [0.717, 1.165) is 27.5 Å². The number of hydrogen-bond donors (Lipinski definition) is 0. The van der Waals surface area contributed by atoms with Crippen molar-refractivity contribution in [2.24, 2.45) is 0 Å². The Labute approximate surface area is 168 Å². The molecule has 4 nitrogen and oxygen atoms in total. The number of benzene rings is 2. The van der Waals surface area contributed by atoms with Gasteiger partial charge in [0.2, 0.25) is 0 Å². The molecule has 0 aliphatic heterocycles. The minimum atomic E-state index is 0.474. The van der Waals surface area contributed by atoms with Crippen LogP contribution in [-0.2, 0) is 0 Å². The highest BCUT2D eigenvalue weighted by Gasteiger charge is 2.16. The number of aromatic nitrogens is 2. The van der Waals surface area contributed by atoms with Crippen molar-refractivity contribution < 1.29 is 4.79 Å². The number of thiophene rings is 1. The van der Waals surface area contributed by atoms with Gasteiger partial charge in [-0.25, -0.2) is 9.97 Å². The molecule has 0 amide bonds. The van der Waals surface area contributed by atoms with Gasteiger partial charge >= 0.3 is 0 Å². The van der Waals surface area contributed by atoms with Gasteiger partial charge in [-0.05, 0) is 50.2 Å². The maximum absolute atomic E-state index is 10.8. The molecule has 2 aromatic carbocycles. The Hall–Kier alpha value is -3.31. The summed E-state index contributed by atoms with van der Waals surface area (Å²) >= 11 is 1.62. The first-order chi connectivity index (χ1) is 13.6. The monoisotopic (exact) mass is 385 g/mol. The zero-order chi connectivity index (χ0) is 19.5. The zero-order valence-electron chi connectivity index (χ0n) is 15.7. The summed E-state index contributed by atoms with van der Waals surface area (Å²) in [7, 11) is 0. The lowest BCUT2D eigenvalue weighted by Crippen LogP contribution is -2.08. The Bertz CT molecular complexity index is 1040. The van der Waals surface area contributed by atoms with E-state index in [0.29, 0.717) is 11.4 Å². The molecule has 0 fully saturated rings. The standard InChI is InChI=1S/C23H19N3OS/c1-16-3-7-19(8-4-16)26(20-9-5-17(2)6-10-20)22-12-11-21(28-22)23-24-13-18(15-27)14-25-23/h3-15H,1-2H3. The molecule has 28 heavy (non-hydrogen) atoms. The molecule has 0 N–H and O–H groups in total. The lowest BCUT2D eigenvalue weighted by molar-refractivity contribution is 0.112. The van der Waals surface area contributed by atoms with Gasteiger partial charge in [0.1, 0.15) is 5.00 Å². The van der Waals surface area contributed by atoms with Gasteiger partial charge in [0, 0.05) is 23.8 Å². The number of rotatable bonds is 5. The Balaban J connectivity index is 1.76. The van der Waals surface area contributed by atoms with E-state index in [9.17, 15) is 4.79 Å². The predicted octanol–water partition coefficient (Wildman–Crippen LogP) is 6.10. The van der Waals surface area contributed by atoms with Crippen LogP contribution in [-0.4, -0.2) is 16.3 Å². The van der Waals surface area contributed by atoms with E-state index < -0.39 is 0 Å². The van der Waals surface area contributed by atoms with Crippen molar-refractivity contribution in [2.75, 3.05) is 4.90 Å². The summed E-state index contributed by atoms with van der Waals surface area (Å²) in [4.78, 5) is 22.6. The van der Waals surface area contributed by atoms with Gasteiger partial charge in [0.15, 0.2) is 12.1 Å². The quantitative estimate of drug-likeness (QED) is 0.389. The summed E-state index contributed by atoms with van der Waals surface area (Å²) in [5, 5.41) is 1.07. The number of hydrogen-bond acceptors (Lipinski definition) is 5. The number of nitrogens with zero attached hydrogens (tertiary/aromatic N) is 3. The van der Waals surface area contributed by atoms with E-state index in [2.05, 4.69) is 83.3 Å². The molecule has 0 unspecified atom stereocenters. The molecule has 4 rings (SSSR count). The van der Waals surface area contributed by atoms with E-state index in [1.165, 1.54) is 11.1 Å². The first-order valence-electron chi connectivity index (χ1n) is 8.95. The third kappa shape index (κ3) is 3.70. The van der Waals surface area contributed by atoms with Crippen molar-refractivity contribution in [1.82, 2.24) is 9.97 Å². The SMILES string of the molecule is Cc1ccc(N(c2ccc(C)cc2)c2ccc(-c3ncc(C=O)cn3)s2)cc1. The fourth-order valence-electron chi connectivity index (χ4n) is 2.89. The van der Waals surface area contributed by atoms with Crippen LogP contribution in [0.4, 0.5) is 16.4 Å². The summed E-state index contributed by atoms with van der Waals surface area (Å²) in [6.45, 7) is 4.17. The van der Waals surface area contributed by atoms with Gasteiger partial charge in [0.25, 0.3) is 0 Å². The van der Waals surface area contributed by atoms with Gasteiger partial charge < -0.3 is 4.90 Å². The average Bonchev–Trinajstić information content (AvgIpc) is 3.21. The molecule has 0 saturated carbocycles. The van der Waals surface area contributed by atoms with Crippen molar-refractivity contribution in [3.8, 4) is 10.7 Å². The Morgan fingerprint density at radius 1 is 0.786 bits per heavy atom. The number of carbonyl (C=O) groups excluding carboxylic acids is 1. The first-order valence-corrected chi connectivity index (χ1v) is 9.76. The minimum Gasteiger partial charge on any atom is -0.302 e. The molecule has 0 radical (unpaired) electrons. The fraction of sp³-hybridized carbons (Fsp3) is 0.0870. The Morgan fingerprint density at radius 2 is 1.32 bits per heavy atom. The number of aldehydes is 1. The molecule has 138 valence electrons. The summed E-state index contributed by atoms with van der Waals surface area (Å²) < 4.78 is 0. The summed E-state index contributed by atoms with van der Waals surface area (Å²) in [5.41, 5.74) is 5.12. The van der Waals surface area contributed by atoms with E-state index in [4.69, 9.17) is 0 Å². The van der Waals surface area contributed by atoms with Crippen LogP contribution in [0, 0.1) is 13.8 Å². The fourth-order valence-corrected chi connectivity index (χ4v) is 3.88. The molecule has 2 heterocycles. The molecule has 0 aliphatic carbocycles. The van der Waals surface area contributed by atoms with Crippen molar-refractivity contribution in [3.05, 3.63) is 89.7 Å². The first kappa shape index (κ1) is 18.1. The van der Waals surface area contributed by atoms with Crippen LogP contribution in [0.3, 0.4) is 0 Å². The van der Waals surface area contributed by atoms with Crippen molar-refractivity contribution in [3.63, 3.8) is 0 Å². The molecule has 5 heteroatoms. The molecular weight excluding hydrogens is 366 g/mol. The zero-order valence-corrected chi connectivity index (χ0v) is 16.5. The van der Waals surface area contributed by atoms with Gasteiger partial charge in [-0.2, -0.15) is 0 Å². The van der Waals surface area contributed by atoms with Crippen molar-refractivity contribution in [1.29, 1.82) is 0 Å². The molecule has 0 saturated heterocycles. The maximum atomic E-state index is 10.8. The van der Waals surface area contributed by atoms with Crippen LogP contribution >= 0.6 is 11.3 Å². The molecule has 4 aromatic rings. The van der Waals surface area contributed by atoms with Crippen LogP contribution in [0.15, 0.2) is 73.1 Å². The van der Waals surface area contributed by atoms with Gasteiger partial charge in [0.05, 0.1) is 10.4 Å². The third-order valence-electron chi connectivity index (χ3n) is 4.42. The highest BCUT2D eigenvalue weighted by molar-refractivity contribution is 7.19. The van der Waals surface area contributed by atoms with Crippen LogP contribution in [0.25, 0.3) is 10.7 Å². The molecular formula is C23H19N3OS. The second-order valence-corrected chi connectivity index (χ2v) is 7.66. The predicted molar refractivity (Wildman–Crippen MR) is 115 cm³/mol. The van der Waals surface area contributed by atoms with Gasteiger partial charge in [-0.1, -0.05) is 35.4 Å². The summed E-state index contributed by atoms with van der Waals surface area (Å²) in [5.74, 6) is 0.620. The molecule has 2 aromatic heterocycles. The summed E-state index contributed by atoms with van der Waals surface area (Å²) in [6, 6.07) is 21.1. The Kier molecular flexibility index (Phi) is 5.00. The molecule has 0 aliphatic rings. The van der Waals surface area contributed by atoms with Crippen molar-refractivity contribution in [2.45, 2.75) is 13.8 Å². The lowest BCUT2D eigenvalue weighted by Gasteiger charge is -2.23. The highest BCUT2D eigenvalue weighted by atomic mass is 32.1. The van der Waals surface area contributed by atoms with Gasteiger partial charge in [-0.15, -0.1) is 11.3 Å². The third-order valence-corrected chi connectivity index (χ3v) is 5.49. The molecule has 0 atom stereocenters.